The van der Waals surface area contributed by atoms with Crippen molar-refractivity contribution in [2.75, 3.05) is 5.32 Å². The third-order valence-corrected chi connectivity index (χ3v) is 2.82. The molecule has 2 aromatic rings. The lowest BCUT2D eigenvalue weighted by Crippen LogP contribution is -1.97. The Kier molecular flexibility index (Phi) is 3.34. The van der Waals surface area contributed by atoms with E-state index in [1.165, 1.54) is 4.88 Å². The first kappa shape index (κ1) is 10.2. The van der Waals surface area contributed by atoms with Crippen molar-refractivity contribution in [1.82, 2.24) is 14.8 Å². The fourth-order valence-electron chi connectivity index (χ4n) is 1.32. The zero-order valence-corrected chi connectivity index (χ0v) is 9.50. The van der Waals surface area contributed by atoms with Gasteiger partial charge < -0.3 is 5.32 Å². The number of nitrogens with one attached hydrogen (secondary N) is 1. The van der Waals surface area contributed by atoms with Crippen LogP contribution in [-0.4, -0.2) is 14.8 Å². The molecule has 0 radical (unpaired) electrons. The van der Waals surface area contributed by atoms with Gasteiger partial charge in [-0.1, -0.05) is 6.92 Å². The van der Waals surface area contributed by atoms with E-state index in [0.717, 1.165) is 25.2 Å². The zero-order valence-electron chi connectivity index (χ0n) is 8.68. The molecule has 1 N–H and O–H groups in total. The van der Waals surface area contributed by atoms with Gasteiger partial charge in [-0.15, -0.1) is 11.3 Å². The summed E-state index contributed by atoms with van der Waals surface area (Å²) in [4.78, 5) is 5.26. The largest absolute Gasteiger partial charge is 0.378 e. The average Bonchev–Trinajstić information content (AvgIpc) is 2.85. The van der Waals surface area contributed by atoms with Crippen molar-refractivity contribution in [1.29, 1.82) is 0 Å². The van der Waals surface area contributed by atoms with Gasteiger partial charge in [-0.25, -0.2) is 0 Å². The molecule has 0 bridgehead atoms. The van der Waals surface area contributed by atoms with E-state index >= 15 is 0 Å². The van der Waals surface area contributed by atoms with E-state index in [2.05, 4.69) is 22.3 Å². The molecule has 0 atom stereocenters. The summed E-state index contributed by atoms with van der Waals surface area (Å²) in [5.74, 6) is 0. The summed E-state index contributed by atoms with van der Waals surface area (Å²) in [6, 6.07) is 0. The van der Waals surface area contributed by atoms with Crippen LogP contribution in [0.4, 0.5) is 5.69 Å². The quantitative estimate of drug-likeness (QED) is 0.844. The van der Waals surface area contributed by atoms with Crippen LogP contribution in [0.25, 0.3) is 0 Å². The smallest absolute Gasteiger partial charge is 0.0794 e. The molecular weight excluding hydrogens is 208 g/mol. The molecule has 0 amide bonds. The monoisotopic (exact) mass is 222 g/mol. The Morgan fingerprint density at radius 1 is 1.47 bits per heavy atom. The van der Waals surface area contributed by atoms with Crippen LogP contribution >= 0.6 is 11.3 Å². The maximum atomic E-state index is 4.25. The van der Waals surface area contributed by atoms with Gasteiger partial charge in [0.15, 0.2) is 0 Å². The molecule has 0 aliphatic carbocycles. The second-order valence-electron chi connectivity index (χ2n) is 3.31. The van der Waals surface area contributed by atoms with Crippen LogP contribution in [0.2, 0.25) is 0 Å². The van der Waals surface area contributed by atoms with Gasteiger partial charge in [-0.05, 0) is 6.42 Å². The maximum absolute atomic E-state index is 4.25. The van der Waals surface area contributed by atoms with E-state index < -0.39 is 0 Å². The van der Waals surface area contributed by atoms with Gasteiger partial charge in [-0.2, -0.15) is 5.10 Å². The summed E-state index contributed by atoms with van der Waals surface area (Å²) < 4.78 is 1.95. The van der Waals surface area contributed by atoms with Crippen molar-refractivity contribution in [2.24, 2.45) is 0 Å². The van der Waals surface area contributed by atoms with Gasteiger partial charge in [0.25, 0.3) is 0 Å². The molecule has 0 spiro atoms. The second kappa shape index (κ2) is 4.93. The molecule has 0 aliphatic heterocycles. The van der Waals surface area contributed by atoms with E-state index in [1.54, 1.807) is 11.3 Å². The van der Waals surface area contributed by atoms with Crippen molar-refractivity contribution in [3.63, 3.8) is 0 Å². The third kappa shape index (κ3) is 2.79. The molecule has 15 heavy (non-hydrogen) atoms. The molecule has 4 nitrogen and oxygen atoms in total. The van der Waals surface area contributed by atoms with E-state index in [-0.39, 0.29) is 0 Å². The predicted molar refractivity (Wildman–Crippen MR) is 62.0 cm³/mol. The first-order valence-electron chi connectivity index (χ1n) is 5.02. The Morgan fingerprint density at radius 3 is 3.13 bits per heavy atom. The summed E-state index contributed by atoms with van der Waals surface area (Å²) in [7, 11) is 0. The van der Waals surface area contributed by atoms with Crippen molar-refractivity contribution in [3.8, 4) is 0 Å². The van der Waals surface area contributed by atoms with E-state index in [4.69, 9.17) is 0 Å². The van der Waals surface area contributed by atoms with Gasteiger partial charge in [-0.3, -0.25) is 9.67 Å². The Balaban J connectivity index is 1.88. The minimum atomic E-state index is 0.822. The first-order valence-corrected chi connectivity index (χ1v) is 5.90. The molecule has 0 saturated heterocycles. The second-order valence-corrected chi connectivity index (χ2v) is 4.28. The van der Waals surface area contributed by atoms with Crippen LogP contribution in [0.1, 0.15) is 18.2 Å². The number of nitrogens with zero attached hydrogens (tertiary/aromatic N) is 3. The van der Waals surface area contributed by atoms with E-state index in [9.17, 15) is 0 Å². The highest BCUT2D eigenvalue weighted by Gasteiger charge is 1.98. The van der Waals surface area contributed by atoms with Crippen molar-refractivity contribution < 1.29 is 0 Å². The molecule has 0 saturated carbocycles. The molecule has 2 heterocycles. The topological polar surface area (TPSA) is 42.7 Å². The molecule has 2 aromatic heterocycles. The number of thiazole rings is 1. The fraction of sp³-hybridized carbons (Fsp3) is 0.400. The number of rotatable bonds is 5. The molecule has 0 unspecified atom stereocenters. The van der Waals surface area contributed by atoms with Gasteiger partial charge in [0.1, 0.15) is 0 Å². The Labute approximate surface area is 93.0 Å². The summed E-state index contributed by atoms with van der Waals surface area (Å²) in [6.07, 6.45) is 6.88. The lowest BCUT2D eigenvalue weighted by molar-refractivity contribution is 0.603. The van der Waals surface area contributed by atoms with E-state index in [0.29, 0.717) is 0 Å². The number of aromatic nitrogens is 3. The van der Waals surface area contributed by atoms with Crippen LogP contribution in [0.5, 0.6) is 0 Å². The average molecular weight is 222 g/mol. The fourth-order valence-corrected chi connectivity index (χ4v) is 1.86. The summed E-state index contributed by atoms with van der Waals surface area (Å²) in [6.45, 7) is 3.94. The molecule has 0 fully saturated rings. The summed E-state index contributed by atoms with van der Waals surface area (Å²) in [5.41, 5.74) is 2.91. The number of hydrogen-bond acceptors (Lipinski definition) is 4. The van der Waals surface area contributed by atoms with E-state index in [1.807, 2.05) is 28.8 Å². The van der Waals surface area contributed by atoms with Gasteiger partial charge in [0.2, 0.25) is 0 Å². The van der Waals surface area contributed by atoms with Crippen LogP contribution in [0, 0.1) is 0 Å². The summed E-state index contributed by atoms with van der Waals surface area (Å²) in [5, 5.41) is 7.56. The lowest BCUT2D eigenvalue weighted by Gasteiger charge is -1.99. The van der Waals surface area contributed by atoms with Gasteiger partial charge >= 0.3 is 0 Å². The minimum absolute atomic E-state index is 0.822. The first-order chi connectivity index (χ1) is 7.38. The third-order valence-electron chi connectivity index (χ3n) is 2.04. The summed E-state index contributed by atoms with van der Waals surface area (Å²) >= 11 is 1.66. The highest BCUT2D eigenvalue weighted by atomic mass is 32.1. The molecular formula is C10H14N4S. The number of hydrogen-bond donors (Lipinski definition) is 1. The molecule has 0 aromatic carbocycles. The number of anilines is 1. The van der Waals surface area contributed by atoms with Crippen LogP contribution in [-0.2, 0) is 13.1 Å². The van der Waals surface area contributed by atoms with Gasteiger partial charge in [0, 0.05) is 23.8 Å². The zero-order chi connectivity index (χ0) is 10.5. The van der Waals surface area contributed by atoms with Crippen molar-refractivity contribution >= 4 is 17.0 Å². The predicted octanol–water partition coefficient (Wildman–Crippen LogP) is 2.36. The number of aryl methyl sites for hydroxylation is 1. The standard InChI is InChI=1S/C10H14N4S/c1-2-3-14-7-9(4-13-14)12-6-10-5-11-8-15-10/h4-5,7-8,12H,2-3,6H2,1H3. The Bertz CT molecular complexity index is 393. The molecule has 80 valence electrons. The normalized spacial score (nSPS) is 10.5. The maximum Gasteiger partial charge on any atom is 0.0794 e. The van der Waals surface area contributed by atoms with Crippen LogP contribution in [0.3, 0.4) is 0 Å². The lowest BCUT2D eigenvalue weighted by atomic mass is 10.5. The highest BCUT2D eigenvalue weighted by molar-refractivity contribution is 7.09. The highest BCUT2D eigenvalue weighted by Crippen LogP contribution is 2.10. The van der Waals surface area contributed by atoms with Crippen molar-refractivity contribution in [2.45, 2.75) is 26.4 Å². The SMILES string of the molecule is CCCn1cc(NCc2cncs2)cn1. The van der Waals surface area contributed by atoms with Crippen LogP contribution < -0.4 is 5.32 Å². The van der Waals surface area contributed by atoms with Crippen LogP contribution in [0.15, 0.2) is 24.1 Å². The van der Waals surface area contributed by atoms with Gasteiger partial charge in [0.05, 0.1) is 23.9 Å². The van der Waals surface area contributed by atoms with Crippen molar-refractivity contribution in [3.05, 3.63) is 29.0 Å². The Morgan fingerprint density at radius 2 is 2.40 bits per heavy atom. The molecule has 5 heteroatoms. The molecule has 2 rings (SSSR count). The Hall–Kier alpha value is -1.36. The molecule has 0 aliphatic rings. The minimum Gasteiger partial charge on any atom is -0.378 e.